The molecule has 0 saturated carbocycles. The van der Waals surface area contributed by atoms with Crippen molar-refractivity contribution in [2.45, 2.75) is 86.1 Å². The largest absolute Gasteiger partial charge is 0.497 e. The summed E-state index contributed by atoms with van der Waals surface area (Å²) in [6, 6.07) is 1.93. The van der Waals surface area contributed by atoms with Crippen LogP contribution in [0.15, 0.2) is 41.7 Å². The molecule has 0 aromatic carbocycles. The summed E-state index contributed by atoms with van der Waals surface area (Å²) in [5.41, 5.74) is 3.03. The van der Waals surface area contributed by atoms with Crippen molar-refractivity contribution >= 4 is 28.6 Å². The minimum Gasteiger partial charge on any atom is -0.497 e. The Morgan fingerprint density at radius 1 is 1.10 bits per heavy atom. The number of aliphatic imine (C=N–C) groups is 1. The van der Waals surface area contributed by atoms with Crippen molar-refractivity contribution < 1.29 is 9.53 Å². The minimum atomic E-state index is -0.00502. The van der Waals surface area contributed by atoms with E-state index >= 15 is 0 Å². The molecule has 0 spiro atoms. The average Bonchev–Trinajstić information content (AvgIpc) is 3.31. The van der Waals surface area contributed by atoms with Gasteiger partial charge in [0.1, 0.15) is 17.0 Å². The maximum absolute atomic E-state index is 13.7. The number of hydrogen-bond donors (Lipinski definition) is 0. The molecule has 1 saturated heterocycles. The van der Waals surface area contributed by atoms with E-state index in [2.05, 4.69) is 55.6 Å². The first-order valence-corrected chi connectivity index (χ1v) is 15.6. The summed E-state index contributed by atoms with van der Waals surface area (Å²) >= 11 is 0. The number of fused-ring (bicyclic) bond motifs is 1. The van der Waals surface area contributed by atoms with Crippen LogP contribution in [0.4, 0.5) is 5.95 Å². The number of piperidine rings is 1. The lowest BCUT2D eigenvalue weighted by Crippen LogP contribution is -2.34. The molecule has 0 N–H and O–H groups in total. The van der Waals surface area contributed by atoms with E-state index in [4.69, 9.17) is 14.7 Å². The third kappa shape index (κ3) is 10.1. The second kappa shape index (κ2) is 16.4. The van der Waals surface area contributed by atoms with E-state index in [0.29, 0.717) is 29.2 Å². The fourth-order valence-electron chi connectivity index (χ4n) is 5.00. The van der Waals surface area contributed by atoms with Crippen molar-refractivity contribution in [2.24, 2.45) is 16.8 Å². The van der Waals surface area contributed by atoms with Gasteiger partial charge < -0.3 is 19.1 Å². The Labute approximate surface area is 247 Å². The second-order valence-electron chi connectivity index (χ2n) is 12.0. The van der Waals surface area contributed by atoms with Gasteiger partial charge in [-0.1, -0.05) is 47.6 Å². The number of rotatable bonds is 16. The smallest absolute Gasteiger partial charge is 0.272 e. The predicted molar refractivity (Wildman–Crippen MR) is 170 cm³/mol. The zero-order valence-electron chi connectivity index (χ0n) is 26.4. The van der Waals surface area contributed by atoms with Gasteiger partial charge in [0.2, 0.25) is 5.95 Å². The lowest BCUT2D eigenvalue weighted by atomic mass is 10.1. The standard InChI is InChI=1S/C33H52N6O2/c1-8-28(14-13-27(6)41-7)35-33-36-30-24-34-29(32(40)38(21-15-25(2)3)22-16-26(4)5)23-31(30)39(33)20-12-19-37-17-10-9-11-18-37/h13-14,23-26H,6,8-12,15-22H2,1-5,7H3/b14-13-,35-28?. The van der Waals surface area contributed by atoms with Crippen molar-refractivity contribution in [3.05, 3.63) is 42.4 Å². The number of aryl methyl sites for hydroxylation is 1. The molecule has 1 fully saturated rings. The number of carbonyl (C=O) groups excluding carboxylic acids is 1. The molecular weight excluding hydrogens is 512 g/mol. The maximum atomic E-state index is 13.7. The van der Waals surface area contributed by atoms with E-state index in [1.807, 2.05) is 23.1 Å². The van der Waals surface area contributed by atoms with Crippen molar-refractivity contribution in [2.75, 3.05) is 39.8 Å². The van der Waals surface area contributed by atoms with E-state index in [0.717, 1.165) is 68.6 Å². The van der Waals surface area contributed by atoms with Crippen molar-refractivity contribution in [1.82, 2.24) is 24.3 Å². The summed E-state index contributed by atoms with van der Waals surface area (Å²) < 4.78 is 7.35. The summed E-state index contributed by atoms with van der Waals surface area (Å²) in [6.07, 6.45) is 13.1. The molecule has 0 bridgehead atoms. The zero-order valence-corrected chi connectivity index (χ0v) is 26.4. The number of amides is 1. The van der Waals surface area contributed by atoms with Gasteiger partial charge in [-0.05, 0) is 88.2 Å². The Hall–Kier alpha value is -3.00. The summed E-state index contributed by atoms with van der Waals surface area (Å²) in [5, 5.41) is 0. The molecule has 2 aromatic rings. The number of carbonyl (C=O) groups is 1. The number of ether oxygens (including phenoxy) is 1. The van der Waals surface area contributed by atoms with Crippen LogP contribution in [0.25, 0.3) is 11.0 Å². The molecule has 41 heavy (non-hydrogen) atoms. The molecule has 1 amide bonds. The molecule has 0 aliphatic carbocycles. The first-order valence-electron chi connectivity index (χ1n) is 15.6. The van der Waals surface area contributed by atoms with Gasteiger partial charge in [0.15, 0.2) is 0 Å². The summed E-state index contributed by atoms with van der Waals surface area (Å²) in [4.78, 5) is 32.7. The normalized spacial score (nSPS) is 15.0. The van der Waals surface area contributed by atoms with Crippen LogP contribution >= 0.6 is 0 Å². The molecule has 8 heteroatoms. The van der Waals surface area contributed by atoms with Crippen molar-refractivity contribution in [1.29, 1.82) is 0 Å². The first kappa shape index (κ1) is 32.5. The number of pyridine rings is 1. The van der Waals surface area contributed by atoms with E-state index in [1.165, 1.54) is 32.4 Å². The summed E-state index contributed by atoms with van der Waals surface area (Å²) in [5.74, 6) is 2.28. The van der Waals surface area contributed by atoms with Crippen LogP contribution in [-0.2, 0) is 11.3 Å². The Balaban J connectivity index is 1.95. The van der Waals surface area contributed by atoms with E-state index in [9.17, 15) is 4.79 Å². The number of aromatic nitrogens is 3. The van der Waals surface area contributed by atoms with Crippen LogP contribution in [0.2, 0.25) is 0 Å². The Morgan fingerprint density at radius 2 is 1.78 bits per heavy atom. The molecule has 226 valence electrons. The van der Waals surface area contributed by atoms with Crippen LogP contribution in [-0.4, -0.2) is 75.8 Å². The van der Waals surface area contributed by atoms with Gasteiger partial charge in [0.05, 0.1) is 18.8 Å². The topological polar surface area (TPSA) is 75.9 Å². The minimum absolute atomic E-state index is 0.00502. The van der Waals surface area contributed by atoms with Gasteiger partial charge >= 0.3 is 0 Å². The maximum Gasteiger partial charge on any atom is 0.272 e. The fraction of sp³-hybridized carbons (Fsp3) is 0.636. The summed E-state index contributed by atoms with van der Waals surface area (Å²) in [7, 11) is 1.61. The average molecular weight is 565 g/mol. The van der Waals surface area contributed by atoms with Crippen LogP contribution < -0.4 is 0 Å². The highest BCUT2D eigenvalue weighted by Crippen LogP contribution is 2.24. The highest BCUT2D eigenvalue weighted by atomic mass is 16.5. The first-order chi connectivity index (χ1) is 19.7. The molecule has 3 rings (SSSR count). The number of nitrogens with zero attached hydrogens (tertiary/aromatic N) is 6. The van der Waals surface area contributed by atoms with Crippen molar-refractivity contribution in [3.63, 3.8) is 0 Å². The lowest BCUT2D eigenvalue weighted by Gasteiger charge is -2.26. The SMILES string of the molecule is C=C(/C=C\C(CC)=Nc1nc2cnc(C(=O)N(CCC(C)C)CCC(C)C)cc2n1CCCN1CCCCC1)OC. The molecule has 0 radical (unpaired) electrons. The molecule has 3 heterocycles. The van der Waals surface area contributed by atoms with Crippen LogP contribution in [0.5, 0.6) is 0 Å². The van der Waals surface area contributed by atoms with Gasteiger partial charge in [-0.2, -0.15) is 0 Å². The lowest BCUT2D eigenvalue weighted by molar-refractivity contribution is 0.0735. The predicted octanol–water partition coefficient (Wildman–Crippen LogP) is 7.04. The van der Waals surface area contributed by atoms with Gasteiger partial charge in [0, 0.05) is 25.3 Å². The Bertz CT molecular complexity index is 1180. The van der Waals surface area contributed by atoms with Crippen molar-refractivity contribution in [3.8, 4) is 0 Å². The highest BCUT2D eigenvalue weighted by Gasteiger charge is 2.21. The quantitative estimate of drug-likeness (QED) is 0.124. The van der Waals surface area contributed by atoms with Crippen LogP contribution in [0.3, 0.4) is 0 Å². The van der Waals surface area contributed by atoms with Gasteiger partial charge in [-0.15, -0.1) is 0 Å². The molecular formula is C33H52N6O2. The number of imidazole rings is 1. The molecule has 8 nitrogen and oxygen atoms in total. The monoisotopic (exact) mass is 564 g/mol. The molecule has 1 aliphatic rings. The highest BCUT2D eigenvalue weighted by molar-refractivity contribution is 5.98. The number of allylic oxidation sites excluding steroid dienone is 2. The van der Waals surface area contributed by atoms with Gasteiger partial charge in [-0.25, -0.2) is 15.0 Å². The van der Waals surface area contributed by atoms with E-state index in [-0.39, 0.29) is 5.91 Å². The Kier molecular flexibility index (Phi) is 13.0. The molecule has 0 unspecified atom stereocenters. The number of hydrogen-bond acceptors (Lipinski definition) is 6. The molecule has 2 aromatic heterocycles. The number of methoxy groups -OCH3 is 1. The van der Waals surface area contributed by atoms with E-state index < -0.39 is 0 Å². The Morgan fingerprint density at radius 3 is 2.39 bits per heavy atom. The zero-order chi connectivity index (χ0) is 29.8. The fourth-order valence-corrected chi connectivity index (χ4v) is 5.00. The van der Waals surface area contributed by atoms with Gasteiger partial charge in [-0.3, -0.25) is 4.79 Å². The number of likely N-dealkylation sites (tertiary alicyclic amines) is 1. The van der Waals surface area contributed by atoms with Crippen LogP contribution in [0, 0.1) is 11.8 Å². The third-order valence-electron chi connectivity index (χ3n) is 7.71. The van der Waals surface area contributed by atoms with Gasteiger partial charge in [0.25, 0.3) is 5.91 Å². The van der Waals surface area contributed by atoms with E-state index in [1.54, 1.807) is 13.3 Å². The molecule has 0 atom stereocenters. The summed E-state index contributed by atoms with van der Waals surface area (Å²) in [6.45, 7) is 20.4. The third-order valence-corrected chi connectivity index (χ3v) is 7.71. The molecule has 1 aliphatic heterocycles. The second-order valence-corrected chi connectivity index (χ2v) is 12.0. The van der Waals surface area contributed by atoms with Crippen LogP contribution in [0.1, 0.15) is 90.1 Å².